The van der Waals surface area contributed by atoms with Crippen molar-refractivity contribution in [3.8, 4) is 0 Å². The molecule has 2 nitrogen and oxygen atoms in total. The van der Waals surface area contributed by atoms with Gasteiger partial charge in [-0.2, -0.15) is 0 Å². The minimum atomic E-state index is 0.235. The van der Waals surface area contributed by atoms with Crippen LogP contribution in [0.25, 0.3) is 0 Å². The van der Waals surface area contributed by atoms with Gasteiger partial charge in [-0.05, 0) is 24.3 Å². The first kappa shape index (κ1) is 10.2. The summed E-state index contributed by atoms with van der Waals surface area (Å²) in [6.07, 6.45) is 1.99. The summed E-state index contributed by atoms with van der Waals surface area (Å²) in [6, 6.07) is 10.2. The van der Waals surface area contributed by atoms with Crippen LogP contribution in [0.1, 0.15) is 18.9 Å². The topological polar surface area (TPSA) is 29.1 Å². The number of hydrogen-bond donors (Lipinski definition) is 1. The Morgan fingerprint density at radius 3 is 2.67 bits per heavy atom. The van der Waals surface area contributed by atoms with E-state index in [2.05, 4.69) is 24.4 Å². The zero-order valence-electron chi connectivity index (χ0n) is 9.07. The molecule has 0 heterocycles. The van der Waals surface area contributed by atoms with Crippen molar-refractivity contribution < 1.29 is 4.79 Å². The van der Waals surface area contributed by atoms with E-state index in [-0.39, 0.29) is 5.91 Å². The average molecular weight is 203 g/mol. The predicted octanol–water partition coefficient (Wildman–Crippen LogP) is 2.00. The number of rotatable bonds is 4. The summed E-state index contributed by atoms with van der Waals surface area (Å²) in [7, 11) is 0. The van der Waals surface area contributed by atoms with Crippen LogP contribution in [-0.4, -0.2) is 12.5 Å². The molecule has 0 spiro atoms. The van der Waals surface area contributed by atoms with Crippen molar-refractivity contribution in [3.63, 3.8) is 0 Å². The van der Waals surface area contributed by atoms with Crippen molar-refractivity contribution in [2.24, 2.45) is 11.8 Å². The van der Waals surface area contributed by atoms with Gasteiger partial charge < -0.3 is 5.32 Å². The van der Waals surface area contributed by atoms with Gasteiger partial charge in [-0.25, -0.2) is 0 Å². The zero-order chi connectivity index (χ0) is 10.7. The molecular weight excluding hydrogens is 186 g/mol. The molecule has 1 aliphatic rings. The van der Waals surface area contributed by atoms with Crippen LogP contribution < -0.4 is 5.32 Å². The van der Waals surface area contributed by atoms with Gasteiger partial charge in [-0.15, -0.1) is 0 Å². The molecule has 1 amide bonds. The molecule has 1 aromatic rings. The van der Waals surface area contributed by atoms with Crippen molar-refractivity contribution >= 4 is 5.91 Å². The lowest BCUT2D eigenvalue weighted by Gasteiger charge is -2.04. The van der Waals surface area contributed by atoms with Crippen LogP contribution >= 0.6 is 0 Å². The van der Waals surface area contributed by atoms with Gasteiger partial charge in [-0.3, -0.25) is 4.79 Å². The molecule has 15 heavy (non-hydrogen) atoms. The van der Waals surface area contributed by atoms with Crippen LogP contribution in [0.5, 0.6) is 0 Å². The number of carbonyl (C=O) groups excluding carboxylic acids is 1. The third-order valence-corrected chi connectivity index (χ3v) is 3.00. The SMILES string of the molecule is C[C@@H]1C[C@H]1C(=O)NCCc1ccccc1. The highest BCUT2D eigenvalue weighted by molar-refractivity contribution is 5.81. The highest BCUT2D eigenvalue weighted by atomic mass is 16.2. The van der Waals surface area contributed by atoms with Gasteiger partial charge in [0.15, 0.2) is 0 Å². The van der Waals surface area contributed by atoms with E-state index in [1.165, 1.54) is 5.56 Å². The molecule has 2 heteroatoms. The molecule has 0 bridgehead atoms. The summed E-state index contributed by atoms with van der Waals surface area (Å²) in [4.78, 5) is 11.5. The average Bonchev–Trinajstić information content (AvgIpc) is 2.97. The molecule has 1 fully saturated rings. The van der Waals surface area contributed by atoms with Gasteiger partial charge >= 0.3 is 0 Å². The van der Waals surface area contributed by atoms with Crippen molar-refractivity contribution in [2.75, 3.05) is 6.54 Å². The number of carbonyl (C=O) groups is 1. The fourth-order valence-corrected chi connectivity index (χ4v) is 1.79. The van der Waals surface area contributed by atoms with E-state index >= 15 is 0 Å². The molecule has 0 unspecified atom stereocenters. The minimum Gasteiger partial charge on any atom is -0.356 e. The molecule has 0 aliphatic heterocycles. The van der Waals surface area contributed by atoms with Crippen molar-refractivity contribution in [1.82, 2.24) is 5.32 Å². The molecule has 1 N–H and O–H groups in total. The van der Waals surface area contributed by atoms with Gasteiger partial charge in [0.1, 0.15) is 0 Å². The summed E-state index contributed by atoms with van der Waals surface area (Å²) in [6.45, 7) is 2.88. The fourth-order valence-electron chi connectivity index (χ4n) is 1.79. The van der Waals surface area contributed by atoms with E-state index < -0.39 is 0 Å². The normalized spacial score (nSPS) is 23.5. The molecule has 0 aromatic heterocycles. The zero-order valence-corrected chi connectivity index (χ0v) is 9.07. The number of amides is 1. The highest BCUT2D eigenvalue weighted by Gasteiger charge is 2.38. The van der Waals surface area contributed by atoms with Crippen molar-refractivity contribution in [1.29, 1.82) is 0 Å². The largest absolute Gasteiger partial charge is 0.356 e. The monoisotopic (exact) mass is 203 g/mol. The van der Waals surface area contributed by atoms with Gasteiger partial charge in [0.2, 0.25) is 5.91 Å². The number of benzene rings is 1. The van der Waals surface area contributed by atoms with E-state index in [0.717, 1.165) is 19.4 Å². The van der Waals surface area contributed by atoms with Crippen molar-refractivity contribution in [3.05, 3.63) is 35.9 Å². The van der Waals surface area contributed by atoms with Crippen LogP contribution in [0.4, 0.5) is 0 Å². The third kappa shape index (κ3) is 2.82. The van der Waals surface area contributed by atoms with E-state index in [1.807, 2.05) is 18.2 Å². The number of nitrogens with one attached hydrogen (secondary N) is 1. The summed E-state index contributed by atoms with van der Waals surface area (Å²) < 4.78 is 0. The number of hydrogen-bond acceptors (Lipinski definition) is 1. The van der Waals surface area contributed by atoms with Crippen LogP contribution in [0, 0.1) is 11.8 Å². The summed E-state index contributed by atoms with van der Waals surface area (Å²) in [5, 5.41) is 2.98. The fraction of sp³-hybridized carbons (Fsp3) is 0.462. The van der Waals surface area contributed by atoms with Crippen LogP contribution in [0.2, 0.25) is 0 Å². The Balaban J connectivity index is 1.69. The Morgan fingerprint density at radius 1 is 1.40 bits per heavy atom. The Bertz CT molecular complexity index is 334. The van der Waals surface area contributed by atoms with E-state index in [9.17, 15) is 4.79 Å². The molecule has 0 radical (unpaired) electrons. The maximum absolute atomic E-state index is 11.5. The second-order valence-electron chi connectivity index (χ2n) is 4.35. The molecule has 1 saturated carbocycles. The quantitative estimate of drug-likeness (QED) is 0.796. The Kier molecular flexibility index (Phi) is 3.05. The van der Waals surface area contributed by atoms with E-state index in [1.54, 1.807) is 0 Å². The van der Waals surface area contributed by atoms with Crippen LogP contribution in [-0.2, 0) is 11.2 Å². The molecule has 2 rings (SSSR count). The second kappa shape index (κ2) is 4.47. The van der Waals surface area contributed by atoms with Crippen molar-refractivity contribution in [2.45, 2.75) is 19.8 Å². The minimum absolute atomic E-state index is 0.235. The third-order valence-electron chi connectivity index (χ3n) is 3.00. The Hall–Kier alpha value is -1.31. The first-order valence-electron chi connectivity index (χ1n) is 5.59. The van der Waals surface area contributed by atoms with Gasteiger partial charge in [0.25, 0.3) is 0 Å². The maximum Gasteiger partial charge on any atom is 0.223 e. The lowest BCUT2D eigenvalue weighted by molar-refractivity contribution is -0.122. The highest BCUT2D eigenvalue weighted by Crippen LogP contribution is 2.37. The van der Waals surface area contributed by atoms with Gasteiger partial charge in [-0.1, -0.05) is 37.3 Å². The summed E-state index contributed by atoms with van der Waals surface area (Å²) in [5.41, 5.74) is 1.28. The molecule has 80 valence electrons. The van der Waals surface area contributed by atoms with E-state index in [4.69, 9.17) is 0 Å². The summed E-state index contributed by atoms with van der Waals surface area (Å²) in [5.74, 6) is 1.13. The Labute approximate surface area is 90.7 Å². The lowest BCUT2D eigenvalue weighted by atomic mass is 10.1. The van der Waals surface area contributed by atoms with Gasteiger partial charge in [0.05, 0.1) is 0 Å². The second-order valence-corrected chi connectivity index (χ2v) is 4.35. The standard InChI is InChI=1S/C13H17NO/c1-10-9-12(10)13(15)14-8-7-11-5-3-2-4-6-11/h2-6,10,12H,7-9H2,1H3,(H,14,15)/t10-,12-/m1/s1. The smallest absolute Gasteiger partial charge is 0.223 e. The van der Waals surface area contributed by atoms with Gasteiger partial charge in [0, 0.05) is 12.5 Å². The first-order chi connectivity index (χ1) is 7.27. The lowest BCUT2D eigenvalue weighted by Crippen LogP contribution is -2.27. The molecule has 0 saturated heterocycles. The first-order valence-corrected chi connectivity index (χ1v) is 5.59. The Morgan fingerprint density at radius 2 is 2.07 bits per heavy atom. The molecule has 1 aliphatic carbocycles. The molecule has 1 aromatic carbocycles. The maximum atomic E-state index is 11.5. The molecular formula is C13H17NO. The molecule has 2 atom stereocenters. The van der Waals surface area contributed by atoms with Crippen LogP contribution in [0.3, 0.4) is 0 Å². The predicted molar refractivity (Wildman–Crippen MR) is 60.4 cm³/mol. The van der Waals surface area contributed by atoms with E-state index in [0.29, 0.717) is 11.8 Å². The van der Waals surface area contributed by atoms with Crippen LogP contribution in [0.15, 0.2) is 30.3 Å². The summed E-state index contributed by atoms with van der Waals surface area (Å²) >= 11 is 0.